The van der Waals surface area contributed by atoms with E-state index in [0.29, 0.717) is 12.1 Å². The maximum Gasteiger partial charge on any atom is 0.0995 e. The maximum atomic E-state index is 9.04. The van der Waals surface area contributed by atoms with Gasteiger partial charge in [0, 0.05) is 18.6 Å². The molecule has 0 radical (unpaired) electrons. The Morgan fingerprint density at radius 1 is 1.12 bits per heavy atom. The van der Waals surface area contributed by atoms with Gasteiger partial charge in [-0.05, 0) is 39.3 Å². The van der Waals surface area contributed by atoms with Gasteiger partial charge in [0.2, 0.25) is 0 Å². The van der Waals surface area contributed by atoms with E-state index in [0.717, 1.165) is 17.7 Å². The van der Waals surface area contributed by atoms with Crippen LogP contribution in [0, 0.1) is 11.3 Å². The second kappa shape index (κ2) is 5.67. The Kier molecular flexibility index (Phi) is 4.52. The summed E-state index contributed by atoms with van der Waals surface area (Å²) in [7, 11) is 0. The minimum Gasteiger partial charge on any atom is -0.294 e. The molecule has 1 rings (SSSR count). The van der Waals surface area contributed by atoms with Gasteiger partial charge in [-0.2, -0.15) is 5.26 Å². The lowest BCUT2D eigenvalue weighted by molar-refractivity contribution is 0.166. The largest absolute Gasteiger partial charge is 0.294 e. The zero-order valence-corrected chi connectivity index (χ0v) is 10.6. The average Bonchev–Trinajstić information content (AvgIpc) is 2.25. The van der Waals surface area contributed by atoms with E-state index in [2.05, 4.69) is 38.7 Å². The first-order chi connectivity index (χ1) is 7.56. The van der Waals surface area contributed by atoms with E-state index in [-0.39, 0.29) is 0 Å². The molecule has 0 bridgehead atoms. The fourth-order valence-corrected chi connectivity index (χ4v) is 1.93. The van der Waals surface area contributed by atoms with Crippen LogP contribution in [0.4, 0.5) is 0 Å². The van der Waals surface area contributed by atoms with E-state index < -0.39 is 0 Å². The molecule has 0 aromatic heterocycles. The quantitative estimate of drug-likeness (QED) is 0.773. The Bertz CT molecular complexity index is 367. The summed E-state index contributed by atoms with van der Waals surface area (Å²) in [6, 6.07) is 11.1. The van der Waals surface area contributed by atoms with Crippen molar-refractivity contribution in [2.24, 2.45) is 0 Å². The molecule has 0 heterocycles. The summed E-state index contributed by atoms with van der Waals surface area (Å²) in [6.07, 6.45) is 0. The Morgan fingerprint density at radius 3 is 2.19 bits per heavy atom. The smallest absolute Gasteiger partial charge is 0.0995 e. The molecule has 86 valence electrons. The Morgan fingerprint density at radius 2 is 1.69 bits per heavy atom. The first kappa shape index (κ1) is 12.7. The average molecular weight is 216 g/mol. The van der Waals surface area contributed by atoms with Crippen LogP contribution >= 0.6 is 0 Å². The van der Waals surface area contributed by atoms with Crippen molar-refractivity contribution in [2.75, 3.05) is 0 Å². The Labute approximate surface area is 98.5 Å². The van der Waals surface area contributed by atoms with Crippen LogP contribution in [0.2, 0.25) is 0 Å². The second-order valence-electron chi connectivity index (χ2n) is 4.63. The molecule has 0 aliphatic rings. The van der Waals surface area contributed by atoms with Crippen LogP contribution in [-0.4, -0.2) is 17.0 Å². The van der Waals surface area contributed by atoms with Crippen LogP contribution in [0.3, 0.4) is 0 Å². The summed E-state index contributed by atoms with van der Waals surface area (Å²) in [5.41, 5.74) is 1.90. The molecular weight excluding hydrogens is 196 g/mol. The Hall–Kier alpha value is -1.33. The molecule has 0 saturated heterocycles. The van der Waals surface area contributed by atoms with Gasteiger partial charge in [0.05, 0.1) is 11.6 Å². The topological polar surface area (TPSA) is 27.0 Å². The van der Waals surface area contributed by atoms with Crippen molar-refractivity contribution in [1.82, 2.24) is 4.90 Å². The fourth-order valence-electron chi connectivity index (χ4n) is 1.93. The summed E-state index contributed by atoms with van der Waals surface area (Å²) in [5.74, 6) is 0. The minimum atomic E-state index is 0.492. The van der Waals surface area contributed by atoms with Crippen LogP contribution in [0.1, 0.15) is 38.8 Å². The van der Waals surface area contributed by atoms with Gasteiger partial charge in [-0.3, -0.25) is 4.90 Å². The van der Waals surface area contributed by atoms with E-state index in [1.807, 2.05) is 24.3 Å². The molecule has 2 heteroatoms. The molecule has 0 aliphatic heterocycles. The first-order valence-corrected chi connectivity index (χ1v) is 5.80. The third-order valence-electron chi connectivity index (χ3n) is 2.82. The van der Waals surface area contributed by atoms with Crippen molar-refractivity contribution in [3.05, 3.63) is 35.4 Å². The van der Waals surface area contributed by atoms with Gasteiger partial charge < -0.3 is 0 Å². The molecule has 1 aromatic rings. The summed E-state index contributed by atoms with van der Waals surface area (Å²) < 4.78 is 0. The van der Waals surface area contributed by atoms with Crippen LogP contribution in [0.15, 0.2) is 24.3 Å². The van der Waals surface area contributed by atoms with E-state index in [9.17, 15) is 0 Å². The normalized spacial score (nSPS) is 11.1. The van der Waals surface area contributed by atoms with E-state index >= 15 is 0 Å². The van der Waals surface area contributed by atoms with Crippen molar-refractivity contribution in [2.45, 2.75) is 46.3 Å². The lowest BCUT2D eigenvalue weighted by Crippen LogP contribution is -2.36. The lowest BCUT2D eigenvalue weighted by Gasteiger charge is -2.30. The van der Waals surface area contributed by atoms with Crippen molar-refractivity contribution in [3.63, 3.8) is 0 Å². The van der Waals surface area contributed by atoms with Gasteiger partial charge in [-0.15, -0.1) is 0 Å². The second-order valence-corrected chi connectivity index (χ2v) is 4.63. The number of hydrogen-bond donors (Lipinski definition) is 0. The fraction of sp³-hybridized carbons (Fsp3) is 0.500. The molecule has 16 heavy (non-hydrogen) atoms. The summed E-state index contributed by atoms with van der Waals surface area (Å²) in [6.45, 7) is 9.60. The predicted molar refractivity (Wildman–Crippen MR) is 67.0 cm³/mol. The van der Waals surface area contributed by atoms with Crippen molar-refractivity contribution in [1.29, 1.82) is 5.26 Å². The number of rotatable bonds is 4. The summed E-state index contributed by atoms with van der Waals surface area (Å²) in [5, 5.41) is 9.04. The van der Waals surface area contributed by atoms with Gasteiger partial charge in [-0.25, -0.2) is 0 Å². The monoisotopic (exact) mass is 216 g/mol. The highest BCUT2D eigenvalue weighted by atomic mass is 15.2. The van der Waals surface area contributed by atoms with Crippen LogP contribution in [-0.2, 0) is 6.54 Å². The van der Waals surface area contributed by atoms with E-state index in [1.54, 1.807) is 0 Å². The van der Waals surface area contributed by atoms with Crippen molar-refractivity contribution in [3.8, 4) is 6.07 Å². The standard InChI is InChI=1S/C14H20N2/c1-11(2)16(12(3)4)10-14-8-6-5-7-13(14)9-15/h5-8,11-12H,10H2,1-4H3. The number of nitriles is 1. The zero-order chi connectivity index (χ0) is 12.1. The first-order valence-electron chi connectivity index (χ1n) is 5.80. The number of hydrogen-bond acceptors (Lipinski definition) is 2. The molecule has 0 spiro atoms. The third kappa shape index (κ3) is 3.08. The predicted octanol–water partition coefficient (Wildman–Crippen LogP) is 3.18. The van der Waals surface area contributed by atoms with Gasteiger partial charge in [0.25, 0.3) is 0 Å². The van der Waals surface area contributed by atoms with Gasteiger partial charge in [-0.1, -0.05) is 18.2 Å². The molecule has 0 aliphatic carbocycles. The summed E-state index contributed by atoms with van der Waals surface area (Å²) >= 11 is 0. The highest BCUT2D eigenvalue weighted by Gasteiger charge is 2.14. The van der Waals surface area contributed by atoms with Crippen LogP contribution in [0.5, 0.6) is 0 Å². The zero-order valence-electron chi connectivity index (χ0n) is 10.6. The molecule has 1 aromatic carbocycles. The minimum absolute atomic E-state index is 0.492. The van der Waals surface area contributed by atoms with Crippen LogP contribution in [0.25, 0.3) is 0 Å². The molecule has 0 unspecified atom stereocenters. The number of nitrogens with zero attached hydrogens (tertiary/aromatic N) is 2. The molecule has 0 amide bonds. The van der Waals surface area contributed by atoms with Gasteiger partial charge >= 0.3 is 0 Å². The maximum absolute atomic E-state index is 9.04. The van der Waals surface area contributed by atoms with Crippen molar-refractivity contribution >= 4 is 0 Å². The highest BCUT2D eigenvalue weighted by molar-refractivity contribution is 5.37. The third-order valence-corrected chi connectivity index (χ3v) is 2.82. The van der Waals surface area contributed by atoms with Gasteiger partial charge in [0.1, 0.15) is 0 Å². The van der Waals surface area contributed by atoms with Gasteiger partial charge in [0.15, 0.2) is 0 Å². The Balaban J connectivity index is 2.90. The molecule has 0 atom stereocenters. The van der Waals surface area contributed by atoms with Crippen molar-refractivity contribution < 1.29 is 0 Å². The molecule has 2 nitrogen and oxygen atoms in total. The molecular formula is C14H20N2. The lowest BCUT2D eigenvalue weighted by atomic mass is 10.1. The summed E-state index contributed by atoms with van der Waals surface area (Å²) in [4.78, 5) is 2.39. The highest BCUT2D eigenvalue weighted by Crippen LogP contribution is 2.15. The van der Waals surface area contributed by atoms with E-state index in [1.165, 1.54) is 0 Å². The molecule has 0 N–H and O–H groups in total. The van der Waals surface area contributed by atoms with Crippen LogP contribution < -0.4 is 0 Å². The SMILES string of the molecule is CC(C)N(Cc1ccccc1C#N)C(C)C. The molecule has 0 saturated carbocycles. The molecule has 0 fully saturated rings. The van der Waals surface area contributed by atoms with E-state index in [4.69, 9.17) is 5.26 Å². The number of benzene rings is 1.